The van der Waals surface area contributed by atoms with E-state index in [1.54, 1.807) is 0 Å². The second-order valence-electron chi connectivity index (χ2n) is 6.98. The van der Waals surface area contributed by atoms with E-state index in [2.05, 4.69) is 34.1 Å². The number of ether oxygens (including phenoxy) is 1. The molecule has 3 rings (SSSR count). The first-order chi connectivity index (χ1) is 10.5. The average molecular weight is 305 g/mol. The van der Waals surface area contributed by atoms with Crippen LogP contribution in [-0.4, -0.2) is 47.8 Å². The Morgan fingerprint density at radius 1 is 1.14 bits per heavy atom. The van der Waals surface area contributed by atoms with Crippen molar-refractivity contribution < 1.29 is 4.74 Å². The highest BCUT2D eigenvalue weighted by Gasteiger charge is 2.36. The molecule has 1 aromatic rings. The molecule has 22 heavy (non-hydrogen) atoms. The predicted octanol–water partition coefficient (Wildman–Crippen LogP) is 2.43. The predicted molar refractivity (Wildman–Crippen MR) is 87.4 cm³/mol. The van der Waals surface area contributed by atoms with Crippen LogP contribution in [0.15, 0.2) is 0 Å². The van der Waals surface area contributed by atoms with Crippen molar-refractivity contribution in [2.45, 2.75) is 57.6 Å². The van der Waals surface area contributed by atoms with E-state index < -0.39 is 0 Å². The maximum atomic E-state index is 5.89. The van der Waals surface area contributed by atoms with Crippen LogP contribution in [0.25, 0.3) is 0 Å². The highest BCUT2D eigenvalue weighted by molar-refractivity contribution is 5.37. The average Bonchev–Trinajstić information content (AvgIpc) is 3.31. The maximum Gasteiger partial charge on any atom is 0.229 e. The van der Waals surface area contributed by atoms with Crippen molar-refractivity contribution in [2.75, 3.05) is 30.9 Å². The lowest BCUT2D eigenvalue weighted by Crippen LogP contribution is -2.35. The van der Waals surface area contributed by atoms with Gasteiger partial charge in [-0.25, -0.2) is 0 Å². The third-order valence-corrected chi connectivity index (χ3v) is 4.35. The minimum Gasteiger partial charge on any atom is -0.378 e. The molecular weight excluding hydrogens is 278 g/mol. The standard InChI is InChI=1S/C16H27N5O/c1-10(2)14-18-15(20-16(19-14)21(3)4)17-12-7-8-22-13(9-12)11-5-6-11/h10-13H,5-9H2,1-4H3,(H,17,18,19,20). The fourth-order valence-corrected chi connectivity index (χ4v) is 2.84. The first-order valence-corrected chi connectivity index (χ1v) is 8.34. The van der Waals surface area contributed by atoms with Gasteiger partial charge >= 0.3 is 0 Å². The molecule has 0 spiro atoms. The van der Waals surface area contributed by atoms with Crippen LogP contribution < -0.4 is 10.2 Å². The minimum absolute atomic E-state index is 0.288. The lowest BCUT2D eigenvalue weighted by molar-refractivity contribution is -0.00228. The Morgan fingerprint density at radius 3 is 2.55 bits per heavy atom. The molecule has 1 aliphatic carbocycles. The summed E-state index contributed by atoms with van der Waals surface area (Å²) < 4.78 is 5.89. The van der Waals surface area contributed by atoms with E-state index in [1.165, 1.54) is 12.8 Å². The van der Waals surface area contributed by atoms with E-state index in [4.69, 9.17) is 4.74 Å². The van der Waals surface area contributed by atoms with Gasteiger partial charge in [-0.1, -0.05) is 13.8 Å². The van der Waals surface area contributed by atoms with Crippen molar-refractivity contribution in [2.24, 2.45) is 5.92 Å². The smallest absolute Gasteiger partial charge is 0.229 e. The molecule has 1 aliphatic heterocycles. The van der Waals surface area contributed by atoms with Gasteiger partial charge in [-0.05, 0) is 31.6 Å². The Balaban J connectivity index is 1.72. The first-order valence-electron chi connectivity index (χ1n) is 8.34. The van der Waals surface area contributed by atoms with Gasteiger partial charge in [0.15, 0.2) is 0 Å². The molecule has 6 nitrogen and oxygen atoms in total. The van der Waals surface area contributed by atoms with Crippen molar-refractivity contribution in [1.29, 1.82) is 0 Å². The Kier molecular flexibility index (Phi) is 4.47. The van der Waals surface area contributed by atoms with Gasteiger partial charge in [0.25, 0.3) is 0 Å². The van der Waals surface area contributed by atoms with Crippen molar-refractivity contribution in [3.05, 3.63) is 5.82 Å². The van der Waals surface area contributed by atoms with Gasteiger partial charge < -0.3 is 15.0 Å². The van der Waals surface area contributed by atoms with Crippen LogP contribution in [0.2, 0.25) is 0 Å². The number of rotatable bonds is 5. The second kappa shape index (κ2) is 6.36. The largest absolute Gasteiger partial charge is 0.378 e. The molecule has 6 heteroatoms. The molecule has 2 heterocycles. The van der Waals surface area contributed by atoms with E-state index in [-0.39, 0.29) is 5.92 Å². The van der Waals surface area contributed by atoms with E-state index >= 15 is 0 Å². The van der Waals surface area contributed by atoms with Crippen molar-refractivity contribution in [3.8, 4) is 0 Å². The van der Waals surface area contributed by atoms with Gasteiger partial charge in [-0.2, -0.15) is 15.0 Å². The van der Waals surface area contributed by atoms with Crippen LogP contribution >= 0.6 is 0 Å². The van der Waals surface area contributed by atoms with Crippen molar-refractivity contribution >= 4 is 11.9 Å². The molecule has 2 unspecified atom stereocenters. The summed E-state index contributed by atoms with van der Waals surface area (Å²) in [6.07, 6.45) is 5.15. The number of aromatic nitrogens is 3. The zero-order valence-corrected chi connectivity index (χ0v) is 14.0. The van der Waals surface area contributed by atoms with E-state index in [9.17, 15) is 0 Å². The van der Waals surface area contributed by atoms with Gasteiger partial charge in [0.1, 0.15) is 5.82 Å². The van der Waals surface area contributed by atoms with Gasteiger partial charge in [-0.15, -0.1) is 0 Å². The van der Waals surface area contributed by atoms with Crippen molar-refractivity contribution in [3.63, 3.8) is 0 Å². The molecular formula is C16H27N5O. The summed E-state index contributed by atoms with van der Waals surface area (Å²) in [4.78, 5) is 15.6. The van der Waals surface area contributed by atoms with Crippen LogP contribution in [0.3, 0.4) is 0 Å². The molecule has 122 valence electrons. The third-order valence-electron chi connectivity index (χ3n) is 4.35. The normalized spacial score (nSPS) is 25.3. The second-order valence-corrected chi connectivity index (χ2v) is 6.98. The van der Waals surface area contributed by atoms with Crippen LogP contribution in [-0.2, 0) is 4.74 Å². The van der Waals surface area contributed by atoms with Gasteiger partial charge in [0.05, 0.1) is 6.10 Å². The van der Waals surface area contributed by atoms with Gasteiger partial charge in [0, 0.05) is 32.7 Å². The van der Waals surface area contributed by atoms with E-state index in [0.29, 0.717) is 24.0 Å². The SMILES string of the molecule is CC(C)c1nc(NC2CCOC(C3CC3)C2)nc(N(C)C)n1. The highest BCUT2D eigenvalue weighted by Crippen LogP contribution is 2.38. The van der Waals surface area contributed by atoms with Crippen LogP contribution in [0.1, 0.15) is 51.3 Å². The van der Waals surface area contributed by atoms with E-state index in [1.807, 2.05) is 19.0 Å². The lowest BCUT2D eigenvalue weighted by Gasteiger charge is -2.30. The number of hydrogen-bond acceptors (Lipinski definition) is 6. The number of hydrogen-bond donors (Lipinski definition) is 1. The summed E-state index contributed by atoms with van der Waals surface area (Å²) >= 11 is 0. The summed E-state index contributed by atoms with van der Waals surface area (Å²) in [5, 5.41) is 3.52. The molecule has 1 N–H and O–H groups in total. The summed E-state index contributed by atoms with van der Waals surface area (Å²) in [5.74, 6) is 3.32. The molecule has 2 fully saturated rings. The Morgan fingerprint density at radius 2 is 1.91 bits per heavy atom. The molecule has 1 saturated carbocycles. The van der Waals surface area contributed by atoms with Crippen LogP contribution in [0.5, 0.6) is 0 Å². The summed E-state index contributed by atoms with van der Waals surface area (Å²) in [7, 11) is 3.92. The molecule has 1 saturated heterocycles. The lowest BCUT2D eigenvalue weighted by atomic mass is 10.0. The zero-order chi connectivity index (χ0) is 15.7. The maximum absolute atomic E-state index is 5.89. The Labute approximate surface area is 132 Å². The van der Waals surface area contributed by atoms with Crippen LogP contribution in [0.4, 0.5) is 11.9 Å². The summed E-state index contributed by atoms with van der Waals surface area (Å²) in [6.45, 7) is 5.05. The number of anilines is 2. The topological polar surface area (TPSA) is 63.2 Å². The molecule has 2 atom stereocenters. The fourth-order valence-electron chi connectivity index (χ4n) is 2.84. The van der Waals surface area contributed by atoms with E-state index in [0.717, 1.165) is 31.2 Å². The summed E-state index contributed by atoms with van der Waals surface area (Å²) in [6, 6.07) is 0.400. The van der Waals surface area contributed by atoms with Crippen LogP contribution in [0, 0.1) is 5.92 Å². The Bertz CT molecular complexity index is 489. The zero-order valence-electron chi connectivity index (χ0n) is 14.0. The monoisotopic (exact) mass is 305 g/mol. The molecule has 0 aromatic carbocycles. The minimum atomic E-state index is 0.288. The molecule has 2 aliphatic rings. The Hall–Kier alpha value is -1.43. The summed E-state index contributed by atoms with van der Waals surface area (Å²) in [5.41, 5.74) is 0. The number of nitrogens with zero attached hydrogens (tertiary/aromatic N) is 4. The fraction of sp³-hybridized carbons (Fsp3) is 0.812. The van der Waals surface area contributed by atoms with Gasteiger partial charge in [-0.3, -0.25) is 0 Å². The molecule has 0 radical (unpaired) electrons. The highest BCUT2D eigenvalue weighted by atomic mass is 16.5. The molecule has 0 amide bonds. The molecule has 0 bridgehead atoms. The quantitative estimate of drug-likeness (QED) is 0.901. The first kappa shape index (κ1) is 15.5. The number of nitrogens with one attached hydrogen (secondary N) is 1. The molecule has 1 aromatic heterocycles. The van der Waals surface area contributed by atoms with Gasteiger partial charge in [0.2, 0.25) is 11.9 Å². The van der Waals surface area contributed by atoms with Crippen molar-refractivity contribution in [1.82, 2.24) is 15.0 Å². The third kappa shape index (κ3) is 3.66.